The molecule has 2 heterocycles. The van der Waals surface area contributed by atoms with E-state index in [1.807, 2.05) is 13.8 Å². The lowest BCUT2D eigenvalue weighted by atomic mass is 9.84. The van der Waals surface area contributed by atoms with E-state index in [-0.39, 0.29) is 17.4 Å². The molecule has 0 aromatic heterocycles. The fourth-order valence-electron chi connectivity index (χ4n) is 4.20. The van der Waals surface area contributed by atoms with Gasteiger partial charge in [0.15, 0.2) is 0 Å². The van der Waals surface area contributed by atoms with E-state index in [1.165, 1.54) is 12.8 Å². The summed E-state index contributed by atoms with van der Waals surface area (Å²) in [5, 5.41) is 10.7. The lowest BCUT2D eigenvalue weighted by Crippen LogP contribution is -2.50. The summed E-state index contributed by atoms with van der Waals surface area (Å²) in [5.41, 5.74) is -0.257. The molecule has 4 unspecified atom stereocenters. The van der Waals surface area contributed by atoms with Crippen molar-refractivity contribution in [2.45, 2.75) is 64.2 Å². The maximum atomic E-state index is 10.7. The van der Waals surface area contributed by atoms with Crippen LogP contribution in [-0.4, -0.2) is 41.5 Å². The van der Waals surface area contributed by atoms with Crippen molar-refractivity contribution in [3.05, 3.63) is 0 Å². The maximum absolute atomic E-state index is 10.7. The summed E-state index contributed by atoms with van der Waals surface area (Å²) in [7, 11) is 0. The van der Waals surface area contributed by atoms with Crippen molar-refractivity contribution in [2.75, 3.05) is 19.6 Å². The SMILES string of the molecule is [2H]C([2H])(C1CCOC(C)(C)C1)N1CCC2CCCC2C1O. The molecule has 1 aliphatic carbocycles. The average molecular weight is 269 g/mol. The van der Waals surface area contributed by atoms with Crippen LogP contribution in [-0.2, 0) is 4.74 Å². The molecule has 0 aromatic rings. The van der Waals surface area contributed by atoms with Crippen molar-refractivity contribution in [3.8, 4) is 0 Å². The van der Waals surface area contributed by atoms with E-state index in [9.17, 15) is 5.11 Å². The molecule has 4 atom stereocenters. The number of hydrogen-bond donors (Lipinski definition) is 1. The van der Waals surface area contributed by atoms with E-state index in [0.717, 1.165) is 25.7 Å². The minimum Gasteiger partial charge on any atom is -0.378 e. The molecule has 2 saturated heterocycles. The van der Waals surface area contributed by atoms with Crippen molar-refractivity contribution in [1.29, 1.82) is 0 Å². The van der Waals surface area contributed by atoms with E-state index in [0.29, 0.717) is 19.1 Å². The first-order chi connectivity index (χ1) is 9.81. The third kappa shape index (κ3) is 2.98. The second-order valence-corrected chi connectivity index (χ2v) is 7.18. The number of likely N-dealkylation sites (tertiary alicyclic amines) is 1. The van der Waals surface area contributed by atoms with Crippen LogP contribution in [0.4, 0.5) is 0 Å². The first kappa shape index (κ1) is 11.5. The molecular formula is C16H29NO2. The summed E-state index contributed by atoms with van der Waals surface area (Å²) in [6.45, 7) is 3.94. The molecule has 3 aliphatic rings. The summed E-state index contributed by atoms with van der Waals surface area (Å²) < 4.78 is 23.0. The third-order valence-electron chi connectivity index (χ3n) is 5.21. The molecule has 2 aliphatic heterocycles. The highest BCUT2D eigenvalue weighted by molar-refractivity contribution is 4.90. The average Bonchev–Trinajstić information content (AvgIpc) is 2.87. The largest absolute Gasteiger partial charge is 0.378 e. The first-order valence-electron chi connectivity index (χ1n) is 8.90. The Hall–Kier alpha value is -0.120. The van der Waals surface area contributed by atoms with Crippen LogP contribution in [0, 0.1) is 17.8 Å². The number of aliphatic hydroxyl groups is 1. The van der Waals surface area contributed by atoms with E-state index in [2.05, 4.69) is 0 Å². The van der Waals surface area contributed by atoms with E-state index >= 15 is 0 Å². The molecule has 3 heteroatoms. The predicted octanol–water partition coefficient (Wildman–Crippen LogP) is 2.63. The molecule has 1 N–H and O–H groups in total. The van der Waals surface area contributed by atoms with Gasteiger partial charge in [-0.2, -0.15) is 0 Å². The number of nitrogens with zero attached hydrogens (tertiary/aromatic N) is 1. The van der Waals surface area contributed by atoms with E-state index in [1.54, 1.807) is 4.90 Å². The second kappa shape index (κ2) is 5.34. The number of aliphatic hydroxyl groups excluding tert-OH is 1. The van der Waals surface area contributed by atoms with Crippen LogP contribution in [0.25, 0.3) is 0 Å². The molecule has 0 aromatic carbocycles. The normalized spacial score (nSPS) is 45.4. The fraction of sp³-hybridized carbons (Fsp3) is 1.00. The lowest BCUT2D eigenvalue weighted by molar-refractivity contribution is -0.112. The molecule has 110 valence electrons. The Bertz CT molecular complexity index is 388. The lowest BCUT2D eigenvalue weighted by Gasteiger charge is -2.43. The highest BCUT2D eigenvalue weighted by atomic mass is 16.5. The second-order valence-electron chi connectivity index (χ2n) is 7.18. The Morgan fingerprint density at radius 3 is 2.95 bits per heavy atom. The highest BCUT2D eigenvalue weighted by Crippen LogP contribution is 2.41. The molecule has 0 radical (unpaired) electrons. The minimum absolute atomic E-state index is 0.0612. The highest BCUT2D eigenvalue weighted by Gasteiger charge is 2.40. The zero-order chi connectivity index (χ0) is 15.3. The van der Waals surface area contributed by atoms with Crippen LogP contribution in [0.3, 0.4) is 0 Å². The topological polar surface area (TPSA) is 32.7 Å². The Balaban J connectivity index is 1.74. The van der Waals surface area contributed by atoms with Gasteiger partial charge in [0.2, 0.25) is 0 Å². The van der Waals surface area contributed by atoms with Crippen molar-refractivity contribution in [1.82, 2.24) is 4.90 Å². The molecule has 0 amide bonds. The molecule has 19 heavy (non-hydrogen) atoms. The van der Waals surface area contributed by atoms with Crippen molar-refractivity contribution in [2.24, 2.45) is 17.8 Å². The molecule has 0 bridgehead atoms. The first-order valence-corrected chi connectivity index (χ1v) is 7.90. The summed E-state index contributed by atoms with van der Waals surface area (Å²) in [5.74, 6) is 0.828. The smallest absolute Gasteiger partial charge is 0.110 e. The van der Waals surface area contributed by atoms with Gasteiger partial charge in [0, 0.05) is 28.3 Å². The van der Waals surface area contributed by atoms with Crippen LogP contribution < -0.4 is 0 Å². The van der Waals surface area contributed by atoms with Gasteiger partial charge in [-0.25, -0.2) is 0 Å². The van der Waals surface area contributed by atoms with Gasteiger partial charge in [-0.15, -0.1) is 0 Å². The molecule has 3 fully saturated rings. The van der Waals surface area contributed by atoms with Gasteiger partial charge in [-0.05, 0) is 57.8 Å². The quantitative estimate of drug-likeness (QED) is 0.836. The van der Waals surface area contributed by atoms with E-state index < -0.39 is 12.7 Å². The van der Waals surface area contributed by atoms with Crippen molar-refractivity contribution >= 4 is 0 Å². The van der Waals surface area contributed by atoms with Gasteiger partial charge in [-0.3, -0.25) is 4.90 Å². The standard InChI is InChI=1S/C16H29NO2/c1-16(2)10-12(7-9-19-16)11-17-8-6-13-4-3-5-14(13)15(17)18/h12-15,18H,3-11H2,1-2H3/i11D2. The van der Waals surface area contributed by atoms with Crippen molar-refractivity contribution in [3.63, 3.8) is 0 Å². The Labute approximate surface area is 120 Å². The molecule has 1 saturated carbocycles. The Morgan fingerprint density at radius 2 is 2.16 bits per heavy atom. The molecule has 0 spiro atoms. The monoisotopic (exact) mass is 269 g/mol. The zero-order valence-electron chi connectivity index (χ0n) is 14.3. The molecule has 3 nitrogen and oxygen atoms in total. The van der Waals surface area contributed by atoms with Gasteiger partial charge in [0.1, 0.15) is 6.23 Å². The van der Waals surface area contributed by atoms with Crippen LogP contribution in [0.15, 0.2) is 0 Å². The number of ether oxygens (including phenoxy) is 1. The van der Waals surface area contributed by atoms with Gasteiger partial charge < -0.3 is 9.84 Å². The van der Waals surface area contributed by atoms with E-state index in [4.69, 9.17) is 7.48 Å². The Morgan fingerprint density at radius 1 is 1.32 bits per heavy atom. The van der Waals surface area contributed by atoms with Crippen LogP contribution >= 0.6 is 0 Å². The number of hydrogen-bond acceptors (Lipinski definition) is 3. The predicted molar refractivity (Wildman–Crippen MR) is 75.8 cm³/mol. The van der Waals surface area contributed by atoms with Gasteiger partial charge in [0.05, 0.1) is 5.60 Å². The number of piperidine rings is 1. The number of rotatable bonds is 2. The zero-order valence-corrected chi connectivity index (χ0v) is 12.3. The summed E-state index contributed by atoms with van der Waals surface area (Å²) >= 11 is 0. The maximum Gasteiger partial charge on any atom is 0.110 e. The number of fused-ring (bicyclic) bond motifs is 1. The minimum atomic E-state index is -1.44. The Kier molecular flexibility index (Phi) is 3.24. The third-order valence-corrected chi connectivity index (χ3v) is 5.21. The van der Waals surface area contributed by atoms with Gasteiger partial charge in [0.25, 0.3) is 0 Å². The van der Waals surface area contributed by atoms with Crippen molar-refractivity contribution < 1.29 is 12.6 Å². The van der Waals surface area contributed by atoms with Gasteiger partial charge >= 0.3 is 0 Å². The van der Waals surface area contributed by atoms with Crippen LogP contribution in [0.1, 0.15) is 55.1 Å². The molecule has 3 rings (SSSR count). The van der Waals surface area contributed by atoms with Gasteiger partial charge in [-0.1, -0.05) is 6.42 Å². The molecular weight excluding hydrogens is 238 g/mol. The van der Waals surface area contributed by atoms with Crippen LogP contribution in [0.5, 0.6) is 0 Å². The summed E-state index contributed by atoms with van der Waals surface area (Å²) in [6.07, 6.45) is 5.35. The fourth-order valence-corrected chi connectivity index (χ4v) is 4.20. The van der Waals surface area contributed by atoms with Crippen LogP contribution in [0.2, 0.25) is 0 Å². The summed E-state index contributed by atoms with van der Waals surface area (Å²) in [6, 6.07) is 0. The summed E-state index contributed by atoms with van der Waals surface area (Å²) in [4.78, 5) is 1.76.